The zero-order valence-corrected chi connectivity index (χ0v) is 14.9. The van der Waals surface area contributed by atoms with Gasteiger partial charge in [0.1, 0.15) is 5.78 Å². The summed E-state index contributed by atoms with van der Waals surface area (Å²) in [6.45, 7) is 4.14. The van der Waals surface area contributed by atoms with Crippen molar-refractivity contribution in [1.29, 1.82) is 0 Å². The third-order valence-electron chi connectivity index (χ3n) is 4.18. The number of Topliss-reactive ketones (excluding diaryl/α,β-unsaturated/α-hetero) is 1. The summed E-state index contributed by atoms with van der Waals surface area (Å²) >= 11 is 0. The van der Waals surface area contributed by atoms with Gasteiger partial charge in [-0.15, -0.1) is 0 Å². The fourth-order valence-electron chi connectivity index (χ4n) is 2.69. The number of nitrogens with zero attached hydrogens (tertiary/aromatic N) is 1. The monoisotopic (exact) mass is 352 g/mol. The quantitative estimate of drug-likeness (QED) is 0.843. The molecule has 132 valence electrons. The van der Waals surface area contributed by atoms with Gasteiger partial charge in [-0.05, 0) is 38.8 Å². The van der Waals surface area contributed by atoms with Gasteiger partial charge in [-0.1, -0.05) is 17.7 Å². The van der Waals surface area contributed by atoms with Crippen molar-refractivity contribution in [2.45, 2.75) is 50.5 Å². The van der Waals surface area contributed by atoms with Crippen LogP contribution in [-0.2, 0) is 19.6 Å². The molecule has 24 heavy (non-hydrogen) atoms. The van der Waals surface area contributed by atoms with Gasteiger partial charge in [-0.3, -0.25) is 4.79 Å². The highest BCUT2D eigenvalue weighted by atomic mass is 32.2. The normalized spacial score (nSPS) is 16.8. The first-order valence-electron chi connectivity index (χ1n) is 8.14. The molecule has 1 fully saturated rings. The Morgan fingerprint density at radius 3 is 2.25 bits per heavy atom. The van der Waals surface area contributed by atoms with Crippen molar-refractivity contribution >= 4 is 21.7 Å². The van der Waals surface area contributed by atoms with E-state index in [0.29, 0.717) is 30.8 Å². The molecule has 0 saturated carbocycles. The van der Waals surface area contributed by atoms with Crippen LogP contribution in [0.2, 0.25) is 0 Å². The van der Waals surface area contributed by atoms with Gasteiger partial charge in [0.15, 0.2) is 0 Å². The Kier molecular flexibility index (Phi) is 6.12. The Bertz CT molecular complexity index is 690. The van der Waals surface area contributed by atoms with E-state index in [1.54, 1.807) is 24.3 Å². The largest absolute Gasteiger partial charge is 0.353 e. The van der Waals surface area contributed by atoms with Crippen molar-refractivity contribution in [3.05, 3.63) is 29.8 Å². The zero-order valence-electron chi connectivity index (χ0n) is 14.1. The Hall–Kier alpha value is -1.73. The minimum Gasteiger partial charge on any atom is -0.353 e. The molecule has 0 radical (unpaired) electrons. The highest BCUT2D eigenvalue weighted by Crippen LogP contribution is 2.21. The highest BCUT2D eigenvalue weighted by molar-refractivity contribution is 7.89. The summed E-state index contributed by atoms with van der Waals surface area (Å²) < 4.78 is 26.7. The molecule has 0 bridgehead atoms. The summed E-state index contributed by atoms with van der Waals surface area (Å²) in [7, 11) is -3.48. The van der Waals surface area contributed by atoms with Gasteiger partial charge in [-0.25, -0.2) is 8.42 Å². The predicted molar refractivity (Wildman–Crippen MR) is 91.0 cm³/mol. The lowest BCUT2D eigenvalue weighted by Gasteiger charge is -2.31. The molecule has 1 saturated heterocycles. The van der Waals surface area contributed by atoms with E-state index in [4.69, 9.17) is 0 Å². The average molecular weight is 352 g/mol. The molecule has 1 aromatic carbocycles. The van der Waals surface area contributed by atoms with Gasteiger partial charge in [0.25, 0.3) is 0 Å². The van der Waals surface area contributed by atoms with E-state index in [0.717, 1.165) is 5.56 Å². The van der Waals surface area contributed by atoms with Gasteiger partial charge in [0.2, 0.25) is 15.9 Å². The summed E-state index contributed by atoms with van der Waals surface area (Å²) in [6.07, 6.45) is 1.59. The van der Waals surface area contributed by atoms with Crippen molar-refractivity contribution in [1.82, 2.24) is 9.62 Å². The lowest BCUT2D eigenvalue weighted by Crippen LogP contribution is -2.46. The van der Waals surface area contributed by atoms with E-state index in [1.165, 1.54) is 11.2 Å². The summed E-state index contributed by atoms with van der Waals surface area (Å²) in [5.74, 6) is -0.158. The molecule has 0 atom stereocenters. The predicted octanol–water partition coefficient (Wildman–Crippen LogP) is 1.63. The lowest BCUT2D eigenvalue weighted by molar-refractivity contribution is -0.125. The van der Waals surface area contributed by atoms with Gasteiger partial charge < -0.3 is 10.1 Å². The number of piperidine rings is 1. The molecule has 1 aliphatic rings. The third-order valence-corrected chi connectivity index (χ3v) is 6.09. The van der Waals surface area contributed by atoms with E-state index >= 15 is 0 Å². The number of rotatable bonds is 6. The molecular weight excluding hydrogens is 328 g/mol. The van der Waals surface area contributed by atoms with Crippen molar-refractivity contribution in [2.24, 2.45) is 0 Å². The van der Waals surface area contributed by atoms with Gasteiger partial charge >= 0.3 is 0 Å². The minimum absolute atomic E-state index is 0.0100. The van der Waals surface area contributed by atoms with E-state index in [2.05, 4.69) is 5.32 Å². The fraction of sp³-hybridized carbons (Fsp3) is 0.529. The van der Waals surface area contributed by atoms with Crippen molar-refractivity contribution in [3.63, 3.8) is 0 Å². The Labute approximate surface area is 143 Å². The maximum atomic E-state index is 12.6. The van der Waals surface area contributed by atoms with Crippen molar-refractivity contribution in [2.75, 3.05) is 13.1 Å². The Morgan fingerprint density at radius 2 is 1.71 bits per heavy atom. The van der Waals surface area contributed by atoms with Crippen LogP contribution >= 0.6 is 0 Å². The van der Waals surface area contributed by atoms with Crippen LogP contribution in [-0.4, -0.2) is 43.5 Å². The fourth-order valence-corrected chi connectivity index (χ4v) is 4.16. The molecular formula is C17H24N2O4S. The van der Waals surface area contributed by atoms with Crippen LogP contribution in [0, 0.1) is 6.92 Å². The maximum absolute atomic E-state index is 12.6. The second kappa shape index (κ2) is 7.90. The van der Waals surface area contributed by atoms with E-state index in [-0.39, 0.29) is 30.6 Å². The molecule has 1 aliphatic heterocycles. The Balaban J connectivity index is 1.89. The molecule has 1 amide bonds. The van der Waals surface area contributed by atoms with Crippen LogP contribution in [0.5, 0.6) is 0 Å². The smallest absolute Gasteiger partial charge is 0.243 e. The van der Waals surface area contributed by atoms with Crippen LogP contribution in [0.4, 0.5) is 0 Å². The molecule has 0 aliphatic carbocycles. The van der Waals surface area contributed by atoms with Crippen LogP contribution in [0.3, 0.4) is 0 Å². The summed E-state index contributed by atoms with van der Waals surface area (Å²) in [5.41, 5.74) is 1.01. The minimum atomic E-state index is -3.48. The third kappa shape index (κ3) is 4.88. The number of benzene rings is 1. The van der Waals surface area contributed by atoms with Crippen molar-refractivity contribution < 1.29 is 18.0 Å². The van der Waals surface area contributed by atoms with E-state index in [9.17, 15) is 18.0 Å². The van der Waals surface area contributed by atoms with Crippen LogP contribution < -0.4 is 5.32 Å². The van der Waals surface area contributed by atoms with Crippen LogP contribution in [0.25, 0.3) is 0 Å². The first-order valence-corrected chi connectivity index (χ1v) is 9.58. The number of ketones is 1. The van der Waals surface area contributed by atoms with E-state index in [1.807, 2.05) is 6.92 Å². The van der Waals surface area contributed by atoms with Crippen LogP contribution in [0.1, 0.15) is 38.2 Å². The molecule has 7 heteroatoms. The average Bonchev–Trinajstić information content (AvgIpc) is 2.54. The van der Waals surface area contributed by atoms with Gasteiger partial charge in [0.05, 0.1) is 4.90 Å². The first-order chi connectivity index (χ1) is 11.3. The summed E-state index contributed by atoms with van der Waals surface area (Å²) in [6, 6.07) is 6.79. The number of nitrogens with one attached hydrogen (secondary N) is 1. The van der Waals surface area contributed by atoms with Crippen LogP contribution in [0.15, 0.2) is 29.2 Å². The SMILES string of the molecule is CC(=O)CCC(=O)NC1CCN(S(=O)(=O)c2ccc(C)cc2)CC1. The number of carbonyl (C=O) groups is 2. The van der Waals surface area contributed by atoms with Gasteiger partial charge in [0, 0.05) is 32.0 Å². The molecule has 1 N–H and O–H groups in total. The number of sulfonamides is 1. The molecule has 1 aromatic rings. The molecule has 6 nitrogen and oxygen atoms in total. The second-order valence-electron chi connectivity index (χ2n) is 6.26. The lowest BCUT2D eigenvalue weighted by atomic mass is 10.1. The number of hydrogen-bond acceptors (Lipinski definition) is 4. The maximum Gasteiger partial charge on any atom is 0.243 e. The van der Waals surface area contributed by atoms with Crippen molar-refractivity contribution in [3.8, 4) is 0 Å². The molecule has 0 unspecified atom stereocenters. The Morgan fingerprint density at radius 1 is 1.12 bits per heavy atom. The highest BCUT2D eigenvalue weighted by Gasteiger charge is 2.29. The summed E-state index contributed by atoms with van der Waals surface area (Å²) in [5, 5.41) is 2.88. The molecule has 0 spiro atoms. The number of amides is 1. The zero-order chi connectivity index (χ0) is 17.7. The van der Waals surface area contributed by atoms with Gasteiger partial charge in [-0.2, -0.15) is 4.31 Å². The first kappa shape index (κ1) is 18.6. The molecule has 2 rings (SSSR count). The van der Waals surface area contributed by atoms with E-state index < -0.39 is 10.0 Å². The second-order valence-corrected chi connectivity index (χ2v) is 8.20. The molecule has 0 aromatic heterocycles. The summed E-state index contributed by atoms with van der Waals surface area (Å²) in [4.78, 5) is 23.0. The topological polar surface area (TPSA) is 83.6 Å². The number of carbonyl (C=O) groups excluding carboxylic acids is 2. The number of aryl methyl sites for hydroxylation is 1. The standard InChI is InChI=1S/C17H24N2O4S/c1-13-3-6-16(7-4-13)24(22,23)19-11-9-15(10-12-19)18-17(21)8-5-14(2)20/h3-4,6-7,15H,5,8-12H2,1-2H3,(H,18,21). The number of hydrogen-bond donors (Lipinski definition) is 1. The molecule has 1 heterocycles.